The summed E-state index contributed by atoms with van der Waals surface area (Å²) in [6.07, 6.45) is 1.42. The highest BCUT2D eigenvalue weighted by Crippen LogP contribution is 2.31. The molecule has 7 heteroatoms. The van der Waals surface area contributed by atoms with Crippen LogP contribution in [0.2, 0.25) is 0 Å². The van der Waals surface area contributed by atoms with Crippen molar-refractivity contribution in [3.8, 4) is 11.5 Å². The molecule has 0 radical (unpaired) electrons. The summed E-state index contributed by atoms with van der Waals surface area (Å²) >= 11 is 0. The monoisotopic (exact) mass is 405 g/mol. The number of carbonyl (C=O) groups excluding carboxylic acids is 1. The summed E-state index contributed by atoms with van der Waals surface area (Å²) < 4.78 is 11.2. The van der Waals surface area contributed by atoms with Gasteiger partial charge in [-0.3, -0.25) is 9.78 Å². The van der Waals surface area contributed by atoms with Crippen molar-refractivity contribution in [3.63, 3.8) is 0 Å². The summed E-state index contributed by atoms with van der Waals surface area (Å²) in [4.78, 5) is 22.5. The van der Waals surface area contributed by atoms with Crippen LogP contribution in [0, 0.1) is 0 Å². The highest BCUT2D eigenvalue weighted by Gasteiger charge is 2.29. The van der Waals surface area contributed by atoms with Crippen LogP contribution in [0.25, 0.3) is 10.9 Å². The number of hydrogen-bond donors (Lipinski definition) is 1. The van der Waals surface area contributed by atoms with Crippen molar-refractivity contribution in [3.05, 3.63) is 60.3 Å². The second kappa shape index (κ2) is 8.41. The molecule has 0 saturated carbocycles. The van der Waals surface area contributed by atoms with E-state index >= 15 is 0 Å². The third-order valence-corrected chi connectivity index (χ3v) is 4.72. The van der Waals surface area contributed by atoms with Crippen molar-refractivity contribution in [2.45, 2.75) is 32.5 Å². The molecule has 2 aromatic carbocycles. The molecule has 0 saturated heterocycles. The highest BCUT2D eigenvalue weighted by atomic mass is 16.6. The number of rotatable bonds is 6. The first-order valence-electron chi connectivity index (χ1n) is 9.77. The number of nitrogens with one attached hydrogen (secondary N) is 1. The third-order valence-electron chi connectivity index (χ3n) is 4.72. The average molecular weight is 405 g/mol. The molecule has 0 spiro atoms. The molecule has 0 unspecified atom stereocenters. The second-order valence-electron chi connectivity index (χ2n) is 7.23. The lowest BCUT2D eigenvalue weighted by Crippen LogP contribution is -2.28. The zero-order valence-electron chi connectivity index (χ0n) is 17.1. The molecule has 3 aromatic rings. The van der Waals surface area contributed by atoms with Crippen LogP contribution in [0.4, 0.5) is 5.69 Å². The Bertz CT molecular complexity index is 1110. The van der Waals surface area contributed by atoms with Gasteiger partial charge < -0.3 is 19.6 Å². The number of anilines is 1. The normalized spacial score (nSPS) is 15.6. The topological polar surface area (TPSA) is 82.0 Å². The van der Waals surface area contributed by atoms with Crippen LogP contribution in [0.15, 0.2) is 59.9 Å². The minimum absolute atomic E-state index is 0.0363. The molecule has 0 aliphatic carbocycles. The second-order valence-corrected chi connectivity index (χ2v) is 7.23. The molecule has 30 heavy (non-hydrogen) atoms. The Kier molecular flexibility index (Phi) is 5.52. The molecular formula is C23H23N3O4. The summed E-state index contributed by atoms with van der Waals surface area (Å²) in [5.41, 5.74) is 3.02. The Morgan fingerprint density at radius 2 is 2.03 bits per heavy atom. The van der Waals surface area contributed by atoms with Crippen LogP contribution in [0.5, 0.6) is 11.5 Å². The van der Waals surface area contributed by atoms with E-state index in [4.69, 9.17) is 14.3 Å². The molecule has 1 aliphatic heterocycles. The fraction of sp³-hybridized carbons (Fsp3) is 0.261. The van der Waals surface area contributed by atoms with E-state index < -0.39 is 6.10 Å². The number of fused-ring (bicyclic) bond motifs is 1. The fourth-order valence-corrected chi connectivity index (χ4v) is 3.31. The van der Waals surface area contributed by atoms with Crippen LogP contribution >= 0.6 is 0 Å². The van der Waals surface area contributed by atoms with Gasteiger partial charge in [0.25, 0.3) is 5.91 Å². The third kappa shape index (κ3) is 4.05. The fourth-order valence-electron chi connectivity index (χ4n) is 3.31. The molecule has 7 nitrogen and oxygen atoms in total. The van der Waals surface area contributed by atoms with Gasteiger partial charge in [0.15, 0.2) is 11.5 Å². The predicted octanol–water partition coefficient (Wildman–Crippen LogP) is 4.16. The first-order chi connectivity index (χ1) is 14.5. The minimum Gasteiger partial charge on any atom is -0.493 e. The number of amides is 1. The molecule has 2 heterocycles. The summed E-state index contributed by atoms with van der Waals surface area (Å²) in [6, 6.07) is 14.9. The Hall–Kier alpha value is -3.61. The smallest absolute Gasteiger partial charge is 0.268 e. The van der Waals surface area contributed by atoms with Crippen molar-refractivity contribution >= 4 is 28.2 Å². The van der Waals surface area contributed by atoms with E-state index in [1.54, 1.807) is 13.3 Å². The van der Waals surface area contributed by atoms with Gasteiger partial charge in [0, 0.05) is 23.6 Å². The largest absolute Gasteiger partial charge is 0.493 e. The Morgan fingerprint density at radius 1 is 1.17 bits per heavy atom. The number of nitrogens with zero attached hydrogens (tertiary/aromatic N) is 2. The number of aromatic nitrogens is 1. The number of ether oxygens (including phenoxy) is 2. The molecule has 154 valence electrons. The van der Waals surface area contributed by atoms with Crippen molar-refractivity contribution in [1.82, 2.24) is 4.98 Å². The number of oxime groups is 1. The van der Waals surface area contributed by atoms with Crippen LogP contribution in [-0.2, 0) is 9.63 Å². The first-order valence-corrected chi connectivity index (χ1v) is 9.77. The minimum atomic E-state index is -0.704. The lowest BCUT2D eigenvalue weighted by Gasteiger charge is -2.14. The molecular weight excluding hydrogens is 382 g/mol. The number of methoxy groups -OCH3 is 1. The highest BCUT2D eigenvalue weighted by molar-refractivity contribution is 6.08. The van der Waals surface area contributed by atoms with Gasteiger partial charge in [-0.25, -0.2) is 0 Å². The summed E-state index contributed by atoms with van der Waals surface area (Å²) in [7, 11) is 1.59. The molecule has 1 atom stereocenters. The van der Waals surface area contributed by atoms with Crippen molar-refractivity contribution < 1.29 is 19.1 Å². The van der Waals surface area contributed by atoms with E-state index in [1.165, 1.54) is 0 Å². The number of carbonyl (C=O) groups is 1. The molecule has 0 bridgehead atoms. The van der Waals surface area contributed by atoms with E-state index in [0.717, 1.165) is 16.5 Å². The summed E-state index contributed by atoms with van der Waals surface area (Å²) in [5, 5.41) is 7.93. The maximum absolute atomic E-state index is 12.8. The van der Waals surface area contributed by atoms with Gasteiger partial charge in [0.1, 0.15) is 0 Å². The number of benzene rings is 2. The Balaban J connectivity index is 1.47. The maximum atomic E-state index is 12.8. The summed E-state index contributed by atoms with van der Waals surface area (Å²) in [5.74, 6) is 1.02. The van der Waals surface area contributed by atoms with E-state index in [1.807, 2.05) is 62.4 Å². The predicted molar refractivity (Wildman–Crippen MR) is 115 cm³/mol. The molecule has 0 fully saturated rings. The van der Waals surface area contributed by atoms with Crippen molar-refractivity contribution in [2.24, 2.45) is 5.16 Å². The lowest BCUT2D eigenvalue weighted by atomic mass is 10.0. The molecule has 1 aliphatic rings. The summed E-state index contributed by atoms with van der Waals surface area (Å²) in [6.45, 7) is 3.91. The van der Waals surface area contributed by atoms with Crippen LogP contribution in [-0.4, -0.2) is 35.9 Å². The molecule has 1 N–H and O–H groups in total. The standard InChI is InChI=1S/C23H23N3O4/c1-14(2)29-20-10-9-15(12-21(20)28-3)19-13-22(30-26-19)23(27)25-18-8-4-7-17-16(18)6-5-11-24-17/h4-12,14,22H,13H2,1-3H3,(H,25,27)/t22-/m1/s1. The van der Waals surface area contributed by atoms with Gasteiger partial charge in [-0.2, -0.15) is 0 Å². The van der Waals surface area contributed by atoms with E-state index in [2.05, 4.69) is 15.5 Å². The van der Waals surface area contributed by atoms with Gasteiger partial charge in [0.2, 0.25) is 6.10 Å². The van der Waals surface area contributed by atoms with Gasteiger partial charge in [-0.05, 0) is 56.3 Å². The zero-order chi connectivity index (χ0) is 21.1. The van der Waals surface area contributed by atoms with E-state index in [9.17, 15) is 4.79 Å². The lowest BCUT2D eigenvalue weighted by molar-refractivity contribution is -0.125. The van der Waals surface area contributed by atoms with E-state index in [-0.39, 0.29) is 12.0 Å². The zero-order valence-corrected chi connectivity index (χ0v) is 17.1. The van der Waals surface area contributed by atoms with Crippen LogP contribution < -0.4 is 14.8 Å². The Labute approximate surface area is 174 Å². The van der Waals surface area contributed by atoms with Gasteiger partial charge >= 0.3 is 0 Å². The quantitative estimate of drug-likeness (QED) is 0.666. The molecule has 4 rings (SSSR count). The SMILES string of the molecule is COc1cc(C2=NO[C@@H](C(=O)Nc3cccc4ncccc34)C2)ccc1OC(C)C. The first kappa shape index (κ1) is 19.7. The van der Waals surface area contributed by atoms with E-state index in [0.29, 0.717) is 29.3 Å². The van der Waals surface area contributed by atoms with Gasteiger partial charge in [-0.1, -0.05) is 11.2 Å². The molecule has 1 amide bonds. The average Bonchev–Trinajstić information content (AvgIpc) is 3.24. The van der Waals surface area contributed by atoms with Gasteiger partial charge in [0.05, 0.1) is 30.1 Å². The molecule has 1 aromatic heterocycles. The maximum Gasteiger partial charge on any atom is 0.268 e. The van der Waals surface area contributed by atoms with Gasteiger partial charge in [-0.15, -0.1) is 0 Å². The van der Waals surface area contributed by atoms with Crippen molar-refractivity contribution in [1.29, 1.82) is 0 Å². The van der Waals surface area contributed by atoms with Crippen molar-refractivity contribution in [2.75, 3.05) is 12.4 Å². The Morgan fingerprint density at radius 3 is 2.83 bits per heavy atom. The van der Waals surface area contributed by atoms with Crippen LogP contribution in [0.1, 0.15) is 25.8 Å². The number of pyridine rings is 1. The number of hydrogen-bond acceptors (Lipinski definition) is 6. The van der Waals surface area contributed by atoms with Crippen LogP contribution in [0.3, 0.4) is 0 Å².